The van der Waals surface area contributed by atoms with Crippen LogP contribution in [-0.2, 0) is 0 Å². The molecule has 0 bridgehead atoms. The molecule has 0 amide bonds. The highest BCUT2D eigenvalue weighted by atomic mass is 16.3. The summed E-state index contributed by atoms with van der Waals surface area (Å²) >= 11 is 0. The van der Waals surface area contributed by atoms with E-state index in [2.05, 4.69) is 24.5 Å². The number of rotatable bonds is 6. The molecule has 1 aromatic carbocycles. The molecule has 1 aromatic rings. The van der Waals surface area contributed by atoms with Gasteiger partial charge in [-0.3, -0.25) is 4.90 Å². The summed E-state index contributed by atoms with van der Waals surface area (Å²) in [6, 6.07) is 9.13. The fraction of sp³-hybridized carbons (Fsp3) is 0.400. The average Bonchev–Trinajstić information content (AvgIpc) is 2.37. The van der Waals surface area contributed by atoms with Crippen LogP contribution in [-0.4, -0.2) is 29.6 Å². The van der Waals surface area contributed by atoms with E-state index in [0.717, 1.165) is 24.2 Å². The van der Waals surface area contributed by atoms with Crippen molar-refractivity contribution in [3.8, 4) is 6.07 Å². The molecule has 1 N–H and O–H groups in total. The lowest BCUT2D eigenvalue weighted by molar-refractivity contribution is 0.121. The van der Waals surface area contributed by atoms with Crippen LogP contribution in [0.1, 0.15) is 31.1 Å². The molecular formula is C15H20N2O. The van der Waals surface area contributed by atoms with Crippen LogP contribution < -0.4 is 0 Å². The van der Waals surface area contributed by atoms with Crippen LogP contribution in [0.15, 0.2) is 36.4 Å². The average molecular weight is 244 g/mol. The van der Waals surface area contributed by atoms with E-state index in [-0.39, 0.29) is 0 Å². The first-order chi connectivity index (χ1) is 8.56. The van der Waals surface area contributed by atoms with Crippen molar-refractivity contribution in [2.24, 2.45) is 0 Å². The predicted octanol–water partition coefficient (Wildman–Crippen LogP) is 2.49. The number of nitrogens with zero attached hydrogens (tertiary/aromatic N) is 2. The van der Waals surface area contributed by atoms with Gasteiger partial charge in [-0.25, -0.2) is 0 Å². The molecule has 0 saturated carbocycles. The van der Waals surface area contributed by atoms with Crippen LogP contribution in [0.3, 0.4) is 0 Å². The van der Waals surface area contributed by atoms with E-state index in [1.165, 1.54) is 0 Å². The lowest BCUT2D eigenvalue weighted by Gasteiger charge is -2.23. The van der Waals surface area contributed by atoms with Crippen molar-refractivity contribution in [1.82, 2.24) is 4.90 Å². The first-order valence-corrected chi connectivity index (χ1v) is 6.11. The molecule has 0 aliphatic carbocycles. The number of nitriles is 1. The second-order valence-corrected chi connectivity index (χ2v) is 4.53. The molecule has 0 heterocycles. The Morgan fingerprint density at radius 2 is 2.06 bits per heavy atom. The molecule has 0 spiro atoms. The number of hydrogen-bond donors (Lipinski definition) is 1. The van der Waals surface area contributed by atoms with Crippen molar-refractivity contribution in [2.45, 2.75) is 20.0 Å². The molecule has 0 aromatic heterocycles. The van der Waals surface area contributed by atoms with Gasteiger partial charge < -0.3 is 5.11 Å². The Bertz CT molecular complexity index is 431. The summed E-state index contributed by atoms with van der Waals surface area (Å²) in [5, 5.41) is 18.9. The standard InChI is InChI=1S/C15H20N2O/c1-4-17(10-12(2)3)11-15(18)14-7-5-13(9-16)6-8-14/h5-8,15,18H,2,4,10-11H2,1,3H3. The minimum atomic E-state index is -0.531. The van der Waals surface area contributed by atoms with Gasteiger partial charge in [0.2, 0.25) is 0 Å². The van der Waals surface area contributed by atoms with E-state index in [4.69, 9.17) is 5.26 Å². The molecular weight excluding hydrogens is 224 g/mol. The van der Waals surface area contributed by atoms with Crippen molar-refractivity contribution in [2.75, 3.05) is 19.6 Å². The van der Waals surface area contributed by atoms with Gasteiger partial charge in [-0.15, -0.1) is 0 Å². The third-order valence-electron chi connectivity index (χ3n) is 2.80. The van der Waals surface area contributed by atoms with E-state index in [0.29, 0.717) is 12.1 Å². The van der Waals surface area contributed by atoms with Crippen LogP contribution in [0.4, 0.5) is 0 Å². The molecule has 0 aliphatic heterocycles. The highest BCUT2D eigenvalue weighted by molar-refractivity contribution is 5.32. The number of likely N-dealkylation sites (N-methyl/N-ethyl adjacent to an activating group) is 1. The van der Waals surface area contributed by atoms with Gasteiger partial charge in [0, 0.05) is 13.1 Å². The minimum absolute atomic E-state index is 0.531. The molecule has 3 nitrogen and oxygen atoms in total. The summed E-state index contributed by atoms with van der Waals surface area (Å²) in [4.78, 5) is 2.14. The fourth-order valence-corrected chi connectivity index (χ4v) is 1.82. The maximum Gasteiger partial charge on any atom is 0.0991 e. The Hall–Kier alpha value is -1.63. The molecule has 1 atom stereocenters. The Kier molecular flexibility index (Phi) is 5.57. The largest absolute Gasteiger partial charge is 0.387 e. The van der Waals surface area contributed by atoms with Crippen LogP contribution in [0, 0.1) is 11.3 Å². The van der Waals surface area contributed by atoms with Gasteiger partial charge >= 0.3 is 0 Å². The van der Waals surface area contributed by atoms with Gasteiger partial charge in [0.15, 0.2) is 0 Å². The molecule has 0 saturated heterocycles. The summed E-state index contributed by atoms with van der Waals surface area (Å²) in [6.45, 7) is 10.2. The predicted molar refractivity (Wildman–Crippen MR) is 73.0 cm³/mol. The summed E-state index contributed by atoms with van der Waals surface area (Å²) < 4.78 is 0. The zero-order valence-electron chi connectivity index (χ0n) is 11.1. The zero-order valence-corrected chi connectivity index (χ0v) is 11.1. The third-order valence-corrected chi connectivity index (χ3v) is 2.80. The van der Waals surface area contributed by atoms with Gasteiger partial charge in [-0.2, -0.15) is 5.26 Å². The Balaban J connectivity index is 2.65. The normalized spacial score (nSPS) is 12.2. The molecule has 3 heteroatoms. The maximum atomic E-state index is 10.1. The summed E-state index contributed by atoms with van der Waals surface area (Å²) in [6.07, 6.45) is -0.531. The van der Waals surface area contributed by atoms with E-state index >= 15 is 0 Å². The van der Waals surface area contributed by atoms with Gasteiger partial charge in [0.1, 0.15) is 0 Å². The topological polar surface area (TPSA) is 47.3 Å². The van der Waals surface area contributed by atoms with Crippen molar-refractivity contribution < 1.29 is 5.11 Å². The second-order valence-electron chi connectivity index (χ2n) is 4.53. The number of hydrogen-bond acceptors (Lipinski definition) is 3. The van der Waals surface area contributed by atoms with Crippen LogP contribution in [0.25, 0.3) is 0 Å². The SMILES string of the molecule is C=C(C)CN(CC)CC(O)c1ccc(C#N)cc1. The molecule has 1 rings (SSSR count). The van der Waals surface area contributed by atoms with Crippen molar-refractivity contribution in [1.29, 1.82) is 5.26 Å². The van der Waals surface area contributed by atoms with Crippen LogP contribution in [0.5, 0.6) is 0 Å². The molecule has 0 aliphatic rings. The Morgan fingerprint density at radius 1 is 1.44 bits per heavy atom. The maximum absolute atomic E-state index is 10.1. The minimum Gasteiger partial charge on any atom is -0.387 e. The molecule has 0 radical (unpaired) electrons. The fourth-order valence-electron chi connectivity index (χ4n) is 1.82. The Morgan fingerprint density at radius 3 is 2.50 bits per heavy atom. The van der Waals surface area contributed by atoms with Crippen molar-refractivity contribution in [3.63, 3.8) is 0 Å². The summed E-state index contributed by atoms with van der Waals surface area (Å²) in [5.74, 6) is 0. The lowest BCUT2D eigenvalue weighted by Crippen LogP contribution is -2.29. The van der Waals surface area contributed by atoms with Gasteiger partial charge in [0.05, 0.1) is 17.7 Å². The lowest BCUT2D eigenvalue weighted by atomic mass is 10.1. The quantitative estimate of drug-likeness (QED) is 0.782. The monoisotopic (exact) mass is 244 g/mol. The zero-order chi connectivity index (χ0) is 13.5. The number of aliphatic hydroxyl groups is 1. The van der Waals surface area contributed by atoms with E-state index in [1.807, 2.05) is 6.92 Å². The third kappa shape index (κ3) is 4.33. The van der Waals surface area contributed by atoms with Crippen molar-refractivity contribution in [3.05, 3.63) is 47.5 Å². The van der Waals surface area contributed by atoms with Gasteiger partial charge in [-0.05, 0) is 31.2 Å². The van der Waals surface area contributed by atoms with Crippen molar-refractivity contribution >= 4 is 0 Å². The van der Waals surface area contributed by atoms with Crippen LogP contribution in [0.2, 0.25) is 0 Å². The van der Waals surface area contributed by atoms with E-state index in [9.17, 15) is 5.11 Å². The highest BCUT2D eigenvalue weighted by Gasteiger charge is 2.12. The molecule has 1 unspecified atom stereocenters. The van der Waals surface area contributed by atoms with Gasteiger partial charge in [0.25, 0.3) is 0 Å². The summed E-state index contributed by atoms with van der Waals surface area (Å²) in [5.41, 5.74) is 2.54. The first-order valence-electron chi connectivity index (χ1n) is 6.11. The summed E-state index contributed by atoms with van der Waals surface area (Å²) in [7, 11) is 0. The first kappa shape index (κ1) is 14.4. The molecule has 0 fully saturated rings. The van der Waals surface area contributed by atoms with Crippen LogP contribution >= 0.6 is 0 Å². The number of benzene rings is 1. The van der Waals surface area contributed by atoms with Gasteiger partial charge in [-0.1, -0.05) is 31.2 Å². The Labute approximate surface area is 109 Å². The van der Waals surface area contributed by atoms with E-state index < -0.39 is 6.10 Å². The number of aliphatic hydroxyl groups excluding tert-OH is 1. The van der Waals surface area contributed by atoms with E-state index in [1.54, 1.807) is 24.3 Å². The smallest absolute Gasteiger partial charge is 0.0991 e. The second kappa shape index (κ2) is 6.95. The highest BCUT2D eigenvalue weighted by Crippen LogP contribution is 2.15. The molecule has 96 valence electrons. The molecule has 18 heavy (non-hydrogen) atoms.